The van der Waals surface area contributed by atoms with Crippen molar-refractivity contribution in [1.82, 2.24) is 5.32 Å². The number of amides is 1. The second kappa shape index (κ2) is 6.33. The second-order valence-corrected chi connectivity index (χ2v) is 3.64. The number of hydrogen-bond donors (Lipinski definition) is 2. The van der Waals surface area contributed by atoms with Crippen LogP contribution in [0.1, 0.15) is 12.5 Å². The molecule has 1 aromatic rings. The van der Waals surface area contributed by atoms with Crippen LogP contribution in [0.25, 0.3) is 0 Å². The van der Waals surface area contributed by atoms with Crippen molar-refractivity contribution in [3.63, 3.8) is 0 Å². The highest BCUT2D eigenvalue weighted by Crippen LogP contribution is 2.01. The molecule has 88 valence electrons. The first-order valence-electron chi connectivity index (χ1n) is 5.33. The van der Waals surface area contributed by atoms with Crippen molar-refractivity contribution in [2.24, 2.45) is 5.73 Å². The van der Waals surface area contributed by atoms with E-state index in [9.17, 15) is 4.79 Å². The lowest BCUT2D eigenvalue weighted by atomic mass is 10.1. The average molecular weight is 229 g/mol. The number of nitrogens with two attached hydrogens (primary N) is 1. The molecule has 0 spiro atoms. The molecule has 0 aliphatic rings. The van der Waals surface area contributed by atoms with Crippen LogP contribution in [0.4, 0.5) is 0 Å². The topological polar surface area (TPSA) is 78.9 Å². The molecule has 0 fully saturated rings. The molecule has 4 heteroatoms. The fraction of sp³-hybridized carbons (Fsp3) is 0.231. The Balaban J connectivity index is 2.52. The molecule has 0 atom stereocenters. The molecule has 1 rings (SSSR count). The van der Waals surface area contributed by atoms with Gasteiger partial charge in [0, 0.05) is 12.2 Å². The van der Waals surface area contributed by atoms with Crippen LogP contribution in [-0.2, 0) is 11.2 Å². The van der Waals surface area contributed by atoms with Gasteiger partial charge in [-0.15, -0.1) is 0 Å². The summed E-state index contributed by atoms with van der Waals surface area (Å²) < 4.78 is 0. The summed E-state index contributed by atoms with van der Waals surface area (Å²) in [6.45, 7) is 2.34. The molecule has 17 heavy (non-hydrogen) atoms. The molecule has 3 N–H and O–H groups in total. The summed E-state index contributed by atoms with van der Waals surface area (Å²) in [6, 6.07) is 11.8. The van der Waals surface area contributed by atoms with E-state index in [1.165, 1.54) is 5.56 Å². The van der Waals surface area contributed by atoms with E-state index in [-0.39, 0.29) is 5.57 Å². The number of allylic oxidation sites excluding steroid dienone is 1. The molecule has 0 radical (unpaired) electrons. The summed E-state index contributed by atoms with van der Waals surface area (Å²) >= 11 is 0. The van der Waals surface area contributed by atoms with Crippen molar-refractivity contribution in [2.45, 2.75) is 13.3 Å². The van der Waals surface area contributed by atoms with Crippen molar-refractivity contribution in [3.05, 3.63) is 47.2 Å². The molecule has 0 unspecified atom stereocenters. The summed E-state index contributed by atoms with van der Waals surface area (Å²) in [5.74, 6) is -0.697. The molecular formula is C13H15N3O. The van der Waals surface area contributed by atoms with E-state index in [1.807, 2.05) is 30.3 Å². The van der Waals surface area contributed by atoms with Gasteiger partial charge in [0.1, 0.15) is 11.6 Å². The Hall–Kier alpha value is -2.28. The van der Waals surface area contributed by atoms with Crippen LogP contribution >= 0.6 is 0 Å². The SMILES string of the molecule is CC(NCCc1ccccc1)=C(C#N)C(N)=O. The van der Waals surface area contributed by atoms with E-state index in [4.69, 9.17) is 11.0 Å². The van der Waals surface area contributed by atoms with E-state index in [0.29, 0.717) is 12.2 Å². The Morgan fingerprint density at radius 1 is 1.41 bits per heavy atom. The Bertz CT molecular complexity index is 457. The molecule has 1 amide bonds. The Kier molecular flexibility index (Phi) is 4.77. The van der Waals surface area contributed by atoms with Gasteiger partial charge in [0.25, 0.3) is 5.91 Å². The highest BCUT2D eigenvalue weighted by atomic mass is 16.1. The number of rotatable bonds is 5. The van der Waals surface area contributed by atoms with Gasteiger partial charge >= 0.3 is 0 Å². The van der Waals surface area contributed by atoms with E-state index >= 15 is 0 Å². The van der Waals surface area contributed by atoms with Gasteiger partial charge in [0.2, 0.25) is 0 Å². The van der Waals surface area contributed by atoms with E-state index in [2.05, 4.69) is 5.32 Å². The van der Waals surface area contributed by atoms with Crippen LogP contribution in [0, 0.1) is 11.3 Å². The first-order chi connectivity index (χ1) is 8.15. The van der Waals surface area contributed by atoms with E-state index in [1.54, 1.807) is 13.0 Å². The lowest BCUT2D eigenvalue weighted by Crippen LogP contribution is -2.22. The van der Waals surface area contributed by atoms with Crippen LogP contribution < -0.4 is 11.1 Å². The zero-order valence-electron chi connectivity index (χ0n) is 9.73. The van der Waals surface area contributed by atoms with Gasteiger partial charge in [-0.3, -0.25) is 4.79 Å². The summed E-state index contributed by atoms with van der Waals surface area (Å²) in [4.78, 5) is 10.9. The maximum atomic E-state index is 10.9. The lowest BCUT2D eigenvalue weighted by molar-refractivity contribution is -0.114. The third-order valence-corrected chi connectivity index (χ3v) is 2.38. The van der Waals surface area contributed by atoms with Gasteiger partial charge in [-0.25, -0.2) is 0 Å². The smallest absolute Gasteiger partial charge is 0.261 e. The molecule has 0 aliphatic heterocycles. The Morgan fingerprint density at radius 3 is 2.59 bits per heavy atom. The number of primary amides is 1. The standard InChI is InChI=1S/C13H15N3O/c1-10(12(9-14)13(15)17)16-8-7-11-5-3-2-4-6-11/h2-6,16H,7-8H2,1H3,(H2,15,17). The predicted molar refractivity (Wildman–Crippen MR) is 65.7 cm³/mol. The zero-order chi connectivity index (χ0) is 12.7. The van der Waals surface area contributed by atoms with Crippen molar-refractivity contribution < 1.29 is 4.79 Å². The highest BCUT2D eigenvalue weighted by molar-refractivity contribution is 5.96. The lowest BCUT2D eigenvalue weighted by Gasteiger charge is -2.07. The van der Waals surface area contributed by atoms with Gasteiger partial charge in [-0.2, -0.15) is 5.26 Å². The maximum absolute atomic E-state index is 10.9. The summed E-state index contributed by atoms with van der Waals surface area (Å²) in [7, 11) is 0. The number of hydrogen-bond acceptors (Lipinski definition) is 3. The third kappa shape index (κ3) is 3.99. The van der Waals surface area contributed by atoms with Crippen LogP contribution in [0.2, 0.25) is 0 Å². The number of carbonyl (C=O) groups is 1. The van der Waals surface area contributed by atoms with E-state index < -0.39 is 5.91 Å². The molecular weight excluding hydrogens is 214 g/mol. The first-order valence-corrected chi connectivity index (χ1v) is 5.33. The third-order valence-electron chi connectivity index (χ3n) is 2.38. The van der Waals surface area contributed by atoms with Gasteiger partial charge in [-0.05, 0) is 18.9 Å². The zero-order valence-corrected chi connectivity index (χ0v) is 9.73. The number of benzene rings is 1. The number of nitrogens with one attached hydrogen (secondary N) is 1. The summed E-state index contributed by atoms with van der Waals surface area (Å²) in [5.41, 5.74) is 6.78. The largest absolute Gasteiger partial charge is 0.387 e. The number of nitrogens with zero attached hydrogens (tertiary/aromatic N) is 1. The summed E-state index contributed by atoms with van der Waals surface area (Å²) in [6.07, 6.45) is 0.829. The molecule has 4 nitrogen and oxygen atoms in total. The minimum atomic E-state index is -0.697. The van der Waals surface area contributed by atoms with Crippen LogP contribution in [0.15, 0.2) is 41.6 Å². The molecule has 0 aliphatic carbocycles. The minimum Gasteiger partial charge on any atom is -0.387 e. The quantitative estimate of drug-likeness (QED) is 0.586. The van der Waals surface area contributed by atoms with Crippen LogP contribution in [0.3, 0.4) is 0 Å². The summed E-state index contributed by atoms with van der Waals surface area (Å²) in [5, 5.41) is 11.8. The molecule has 0 aromatic heterocycles. The molecule has 1 aromatic carbocycles. The van der Waals surface area contributed by atoms with Gasteiger partial charge in [-0.1, -0.05) is 30.3 Å². The van der Waals surface area contributed by atoms with E-state index in [0.717, 1.165) is 6.42 Å². The monoisotopic (exact) mass is 229 g/mol. The molecule has 0 saturated carbocycles. The maximum Gasteiger partial charge on any atom is 0.261 e. The number of nitriles is 1. The fourth-order valence-corrected chi connectivity index (χ4v) is 1.45. The Morgan fingerprint density at radius 2 is 2.06 bits per heavy atom. The minimum absolute atomic E-state index is 0.0157. The van der Waals surface area contributed by atoms with Crippen LogP contribution in [-0.4, -0.2) is 12.5 Å². The van der Waals surface area contributed by atoms with Gasteiger partial charge < -0.3 is 11.1 Å². The second-order valence-electron chi connectivity index (χ2n) is 3.64. The van der Waals surface area contributed by atoms with Crippen molar-refractivity contribution in [3.8, 4) is 6.07 Å². The average Bonchev–Trinajstić information content (AvgIpc) is 2.30. The molecule has 0 bridgehead atoms. The molecule has 0 saturated heterocycles. The van der Waals surface area contributed by atoms with Crippen LogP contribution in [0.5, 0.6) is 0 Å². The van der Waals surface area contributed by atoms with Gasteiger partial charge in [0.05, 0.1) is 0 Å². The van der Waals surface area contributed by atoms with Crippen molar-refractivity contribution in [2.75, 3.05) is 6.54 Å². The fourth-order valence-electron chi connectivity index (χ4n) is 1.45. The Labute approximate surface area is 101 Å². The van der Waals surface area contributed by atoms with Crippen molar-refractivity contribution in [1.29, 1.82) is 5.26 Å². The molecule has 0 heterocycles. The van der Waals surface area contributed by atoms with Gasteiger partial charge in [0.15, 0.2) is 0 Å². The normalized spacial score (nSPS) is 11.3. The van der Waals surface area contributed by atoms with Crippen molar-refractivity contribution >= 4 is 5.91 Å². The highest BCUT2D eigenvalue weighted by Gasteiger charge is 2.07. The predicted octanol–water partition coefficient (Wildman–Crippen LogP) is 1.10. The number of carbonyl (C=O) groups excluding carboxylic acids is 1. The first kappa shape index (κ1) is 12.8.